The number of para-hydroxylation sites is 1. The molecule has 0 unspecified atom stereocenters. The third-order valence-corrected chi connectivity index (χ3v) is 3.10. The first-order valence-corrected chi connectivity index (χ1v) is 6.49. The van der Waals surface area contributed by atoms with E-state index in [0.29, 0.717) is 6.54 Å². The summed E-state index contributed by atoms with van der Waals surface area (Å²) in [6.07, 6.45) is 0. The average Bonchev–Trinajstić information content (AvgIpc) is 2.35. The molecule has 0 saturated heterocycles. The molecule has 18 heavy (non-hydrogen) atoms. The highest BCUT2D eigenvalue weighted by atomic mass is 16.1. The highest BCUT2D eigenvalue weighted by Gasteiger charge is 2.10. The summed E-state index contributed by atoms with van der Waals surface area (Å²) in [6.45, 7) is 7.64. The molecule has 0 aliphatic rings. The first-order chi connectivity index (χ1) is 8.65. The third kappa shape index (κ3) is 2.31. The third-order valence-electron chi connectivity index (χ3n) is 3.10. The maximum atomic E-state index is 12.5. The van der Waals surface area contributed by atoms with Crippen molar-refractivity contribution in [2.45, 2.75) is 33.4 Å². The number of rotatable bonds is 4. The highest BCUT2D eigenvalue weighted by molar-refractivity contribution is 5.79. The standard InChI is InChI=1S/C15H20N2O/c1-4-16-10-13-9-12-7-5-6-8-14(12)17(11(2)3)15(13)18/h5-9,11,16H,4,10H2,1-3H3. The maximum absolute atomic E-state index is 12.5. The van der Waals surface area contributed by atoms with Crippen molar-refractivity contribution in [2.75, 3.05) is 6.54 Å². The van der Waals surface area contributed by atoms with Crippen LogP contribution in [0.15, 0.2) is 35.1 Å². The molecule has 0 atom stereocenters. The second kappa shape index (κ2) is 5.36. The fraction of sp³-hybridized carbons (Fsp3) is 0.400. The number of nitrogens with one attached hydrogen (secondary N) is 1. The minimum absolute atomic E-state index is 0.115. The average molecular weight is 244 g/mol. The molecule has 1 heterocycles. The molecular formula is C15H20N2O. The summed E-state index contributed by atoms with van der Waals surface area (Å²) in [5.74, 6) is 0. The van der Waals surface area contributed by atoms with Crippen LogP contribution in [-0.4, -0.2) is 11.1 Å². The first-order valence-electron chi connectivity index (χ1n) is 6.49. The quantitative estimate of drug-likeness (QED) is 0.897. The fourth-order valence-electron chi connectivity index (χ4n) is 2.24. The van der Waals surface area contributed by atoms with Crippen molar-refractivity contribution >= 4 is 10.9 Å². The molecular weight excluding hydrogens is 224 g/mol. The van der Waals surface area contributed by atoms with Gasteiger partial charge < -0.3 is 9.88 Å². The Morgan fingerprint density at radius 1 is 1.28 bits per heavy atom. The van der Waals surface area contributed by atoms with E-state index in [-0.39, 0.29) is 11.6 Å². The van der Waals surface area contributed by atoms with Gasteiger partial charge in [-0.05, 0) is 37.9 Å². The number of nitrogens with zero attached hydrogens (tertiary/aromatic N) is 1. The monoisotopic (exact) mass is 244 g/mol. The van der Waals surface area contributed by atoms with E-state index in [1.807, 2.05) is 49.6 Å². The molecule has 0 radical (unpaired) electrons. The molecule has 2 aromatic rings. The van der Waals surface area contributed by atoms with Crippen molar-refractivity contribution < 1.29 is 0 Å². The van der Waals surface area contributed by atoms with E-state index >= 15 is 0 Å². The fourth-order valence-corrected chi connectivity index (χ4v) is 2.24. The van der Waals surface area contributed by atoms with Crippen LogP contribution in [-0.2, 0) is 6.54 Å². The van der Waals surface area contributed by atoms with Crippen LogP contribution in [0.25, 0.3) is 10.9 Å². The molecule has 3 heteroatoms. The van der Waals surface area contributed by atoms with E-state index in [9.17, 15) is 4.79 Å². The summed E-state index contributed by atoms with van der Waals surface area (Å²) in [5.41, 5.74) is 1.96. The van der Waals surface area contributed by atoms with Gasteiger partial charge in [0, 0.05) is 18.2 Å². The normalized spacial score (nSPS) is 11.3. The Balaban J connectivity index is 2.68. The maximum Gasteiger partial charge on any atom is 0.255 e. The Kier molecular flexibility index (Phi) is 3.82. The lowest BCUT2D eigenvalue weighted by molar-refractivity contribution is 0.590. The predicted molar refractivity (Wildman–Crippen MR) is 76.0 cm³/mol. The van der Waals surface area contributed by atoms with Crippen LogP contribution in [0, 0.1) is 0 Å². The summed E-state index contributed by atoms with van der Waals surface area (Å²) in [7, 11) is 0. The largest absolute Gasteiger partial charge is 0.313 e. The molecule has 0 spiro atoms. The zero-order valence-electron chi connectivity index (χ0n) is 11.2. The zero-order valence-corrected chi connectivity index (χ0v) is 11.2. The number of hydrogen-bond donors (Lipinski definition) is 1. The van der Waals surface area contributed by atoms with Gasteiger partial charge in [0.1, 0.15) is 0 Å². The SMILES string of the molecule is CCNCc1cc2ccccc2n(C(C)C)c1=O. The highest BCUT2D eigenvalue weighted by Crippen LogP contribution is 2.16. The van der Waals surface area contributed by atoms with Crippen LogP contribution in [0.2, 0.25) is 0 Å². The Labute approximate surface area is 107 Å². The molecule has 0 saturated carbocycles. The van der Waals surface area contributed by atoms with Gasteiger partial charge in [-0.15, -0.1) is 0 Å². The Morgan fingerprint density at radius 2 is 2.00 bits per heavy atom. The van der Waals surface area contributed by atoms with Crippen molar-refractivity contribution in [1.82, 2.24) is 9.88 Å². The molecule has 0 aliphatic heterocycles. The molecule has 0 aliphatic carbocycles. The first kappa shape index (κ1) is 12.8. The molecule has 0 fully saturated rings. The molecule has 3 nitrogen and oxygen atoms in total. The minimum Gasteiger partial charge on any atom is -0.313 e. The van der Waals surface area contributed by atoms with Crippen LogP contribution < -0.4 is 10.9 Å². The van der Waals surface area contributed by atoms with Gasteiger partial charge in [0.25, 0.3) is 5.56 Å². The van der Waals surface area contributed by atoms with Crippen molar-refractivity contribution in [3.63, 3.8) is 0 Å². The van der Waals surface area contributed by atoms with Gasteiger partial charge >= 0.3 is 0 Å². The van der Waals surface area contributed by atoms with E-state index in [2.05, 4.69) is 11.4 Å². The van der Waals surface area contributed by atoms with Crippen molar-refractivity contribution in [1.29, 1.82) is 0 Å². The molecule has 0 bridgehead atoms. The molecule has 1 N–H and O–H groups in total. The van der Waals surface area contributed by atoms with Crippen molar-refractivity contribution in [3.8, 4) is 0 Å². The minimum atomic E-state index is 0.115. The topological polar surface area (TPSA) is 34.0 Å². The number of benzene rings is 1. The van der Waals surface area contributed by atoms with E-state index in [1.54, 1.807) is 0 Å². The molecule has 96 valence electrons. The van der Waals surface area contributed by atoms with Gasteiger partial charge in [0.15, 0.2) is 0 Å². The lowest BCUT2D eigenvalue weighted by atomic mass is 10.1. The molecule has 2 rings (SSSR count). The van der Waals surface area contributed by atoms with Gasteiger partial charge in [-0.25, -0.2) is 0 Å². The smallest absolute Gasteiger partial charge is 0.255 e. The Bertz CT molecular complexity index is 599. The van der Waals surface area contributed by atoms with Gasteiger partial charge in [0.2, 0.25) is 0 Å². The number of hydrogen-bond acceptors (Lipinski definition) is 2. The Morgan fingerprint density at radius 3 is 2.67 bits per heavy atom. The summed E-state index contributed by atoms with van der Waals surface area (Å²) in [6, 6.07) is 10.2. The Hall–Kier alpha value is -1.61. The van der Waals surface area contributed by atoms with Crippen molar-refractivity contribution in [2.24, 2.45) is 0 Å². The molecule has 1 aromatic heterocycles. The second-order valence-electron chi connectivity index (χ2n) is 4.78. The summed E-state index contributed by atoms with van der Waals surface area (Å²) >= 11 is 0. The zero-order chi connectivity index (χ0) is 13.1. The lowest BCUT2D eigenvalue weighted by Crippen LogP contribution is -2.28. The van der Waals surface area contributed by atoms with E-state index in [1.165, 1.54) is 0 Å². The van der Waals surface area contributed by atoms with E-state index < -0.39 is 0 Å². The predicted octanol–water partition coefficient (Wildman–Crippen LogP) is 2.69. The van der Waals surface area contributed by atoms with E-state index in [0.717, 1.165) is 23.0 Å². The lowest BCUT2D eigenvalue weighted by Gasteiger charge is -2.16. The molecule has 0 amide bonds. The van der Waals surface area contributed by atoms with Gasteiger partial charge in [0.05, 0.1) is 5.52 Å². The van der Waals surface area contributed by atoms with Gasteiger partial charge in [-0.2, -0.15) is 0 Å². The van der Waals surface area contributed by atoms with E-state index in [4.69, 9.17) is 0 Å². The number of fused-ring (bicyclic) bond motifs is 1. The van der Waals surface area contributed by atoms with Crippen molar-refractivity contribution in [3.05, 3.63) is 46.2 Å². The van der Waals surface area contributed by atoms with Crippen LogP contribution in [0.1, 0.15) is 32.4 Å². The molecule has 1 aromatic carbocycles. The summed E-state index contributed by atoms with van der Waals surface area (Å²) in [5, 5.41) is 4.35. The van der Waals surface area contributed by atoms with Crippen LogP contribution >= 0.6 is 0 Å². The second-order valence-corrected chi connectivity index (χ2v) is 4.78. The summed E-state index contributed by atoms with van der Waals surface area (Å²) < 4.78 is 1.88. The van der Waals surface area contributed by atoms with Gasteiger partial charge in [-0.3, -0.25) is 4.79 Å². The number of aromatic nitrogens is 1. The van der Waals surface area contributed by atoms with Gasteiger partial charge in [-0.1, -0.05) is 25.1 Å². The van der Waals surface area contributed by atoms with Crippen LogP contribution in [0.3, 0.4) is 0 Å². The van der Waals surface area contributed by atoms with Crippen LogP contribution in [0.5, 0.6) is 0 Å². The number of pyridine rings is 1. The summed E-state index contributed by atoms with van der Waals surface area (Å²) in [4.78, 5) is 12.5. The van der Waals surface area contributed by atoms with Crippen LogP contribution in [0.4, 0.5) is 0 Å².